The molecule has 0 aliphatic rings. The van der Waals surface area contributed by atoms with E-state index in [-0.39, 0.29) is 12.3 Å². The van der Waals surface area contributed by atoms with Crippen molar-refractivity contribution in [3.05, 3.63) is 52.2 Å². The summed E-state index contributed by atoms with van der Waals surface area (Å²) < 4.78 is 15.8. The average Bonchev–Trinajstić information content (AvgIpc) is 3.29. The lowest BCUT2D eigenvalue weighted by atomic mass is 10.1. The van der Waals surface area contributed by atoms with Crippen molar-refractivity contribution in [2.75, 3.05) is 14.2 Å². The number of nitrogens with one attached hydrogen (secondary N) is 1. The van der Waals surface area contributed by atoms with Crippen LogP contribution < -0.4 is 14.8 Å². The number of carbonyl (C=O) groups is 1. The lowest BCUT2D eigenvalue weighted by Gasteiger charge is -2.08. The molecule has 0 aliphatic carbocycles. The predicted molar refractivity (Wildman–Crippen MR) is 99.6 cm³/mol. The summed E-state index contributed by atoms with van der Waals surface area (Å²) in [6.07, 6.45) is 1.82. The molecule has 3 rings (SSSR count). The van der Waals surface area contributed by atoms with Gasteiger partial charge in [-0.05, 0) is 37.3 Å². The average molecular weight is 372 g/mol. The maximum Gasteiger partial charge on any atom is 0.227 e. The van der Waals surface area contributed by atoms with E-state index in [0.717, 1.165) is 26.9 Å². The van der Waals surface area contributed by atoms with E-state index in [1.807, 2.05) is 31.2 Å². The van der Waals surface area contributed by atoms with Gasteiger partial charge in [0.2, 0.25) is 5.91 Å². The fourth-order valence-electron chi connectivity index (χ4n) is 2.58. The van der Waals surface area contributed by atoms with Crippen LogP contribution in [0.3, 0.4) is 0 Å². The maximum atomic E-state index is 12.1. The number of thiazole rings is 1. The first-order valence-corrected chi connectivity index (χ1v) is 8.90. The second-order valence-corrected chi connectivity index (χ2v) is 6.90. The minimum atomic E-state index is -0.0889. The highest BCUT2D eigenvalue weighted by Gasteiger charge is 2.15. The molecule has 1 aromatic carbocycles. The third kappa shape index (κ3) is 4.05. The van der Waals surface area contributed by atoms with Crippen molar-refractivity contribution in [3.8, 4) is 22.8 Å². The van der Waals surface area contributed by atoms with Crippen LogP contribution >= 0.6 is 11.3 Å². The number of aromatic nitrogens is 1. The second-order valence-electron chi connectivity index (χ2n) is 5.62. The number of aryl methyl sites for hydroxylation is 1. The van der Waals surface area contributed by atoms with Crippen LogP contribution in [0.2, 0.25) is 0 Å². The van der Waals surface area contributed by atoms with Crippen LogP contribution in [0.1, 0.15) is 15.6 Å². The molecule has 1 N–H and O–H groups in total. The SMILES string of the molecule is COc1ccc(-c2nc(CC(=O)NCc3ccco3)sc2C)cc1OC. The monoisotopic (exact) mass is 372 g/mol. The number of ether oxygens (including phenoxy) is 2. The van der Waals surface area contributed by atoms with Gasteiger partial charge in [-0.15, -0.1) is 11.3 Å². The lowest BCUT2D eigenvalue weighted by Crippen LogP contribution is -2.24. The number of hydrogen-bond acceptors (Lipinski definition) is 6. The number of rotatable bonds is 7. The fraction of sp³-hybridized carbons (Fsp3) is 0.263. The Morgan fingerprint density at radius 3 is 2.73 bits per heavy atom. The summed E-state index contributed by atoms with van der Waals surface area (Å²) in [6.45, 7) is 2.37. The van der Waals surface area contributed by atoms with Gasteiger partial charge in [0.25, 0.3) is 0 Å². The Kier molecular flexibility index (Phi) is 5.58. The summed E-state index contributed by atoms with van der Waals surface area (Å²) >= 11 is 1.52. The third-order valence-electron chi connectivity index (χ3n) is 3.85. The molecule has 0 unspecified atom stereocenters. The van der Waals surface area contributed by atoms with E-state index < -0.39 is 0 Å². The highest BCUT2D eigenvalue weighted by Crippen LogP contribution is 2.34. The molecule has 6 nitrogen and oxygen atoms in total. The van der Waals surface area contributed by atoms with Gasteiger partial charge >= 0.3 is 0 Å². The van der Waals surface area contributed by atoms with Gasteiger partial charge < -0.3 is 19.2 Å². The molecular weight excluding hydrogens is 352 g/mol. The Morgan fingerprint density at radius 1 is 1.23 bits per heavy atom. The van der Waals surface area contributed by atoms with Crippen molar-refractivity contribution < 1.29 is 18.7 Å². The molecule has 0 radical (unpaired) electrons. The largest absolute Gasteiger partial charge is 0.493 e. The molecule has 2 heterocycles. The fourth-order valence-corrected chi connectivity index (χ4v) is 3.53. The Hall–Kier alpha value is -2.80. The van der Waals surface area contributed by atoms with Crippen LogP contribution in [-0.2, 0) is 17.8 Å². The van der Waals surface area contributed by atoms with Crippen LogP contribution in [0.5, 0.6) is 11.5 Å². The summed E-state index contributed by atoms with van der Waals surface area (Å²) in [5, 5.41) is 3.60. The van der Waals surface area contributed by atoms with Crippen molar-refractivity contribution in [3.63, 3.8) is 0 Å². The molecule has 0 aliphatic heterocycles. The number of methoxy groups -OCH3 is 2. The van der Waals surface area contributed by atoms with Gasteiger partial charge in [0.1, 0.15) is 10.8 Å². The molecule has 0 spiro atoms. The second kappa shape index (κ2) is 8.05. The Morgan fingerprint density at radius 2 is 2.04 bits per heavy atom. The van der Waals surface area contributed by atoms with Crippen LogP contribution in [0, 0.1) is 6.92 Å². The zero-order valence-corrected chi connectivity index (χ0v) is 15.7. The number of amides is 1. The number of hydrogen-bond donors (Lipinski definition) is 1. The molecular formula is C19H20N2O4S. The molecule has 3 aromatic rings. The molecule has 0 fully saturated rings. The zero-order chi connectivity index (χ0) is 18.5. The zero-order valence-electron chi connectivity index (χ0n) is 14.9. The van der Waals surface area contributed by atoms with Gasteiger partial charge in [-0.1, -0.05) is 0 Å². The van der Waals surface area contributed by atoms with E-state index in [1.165, 1.54) is 11.3 Å². The highest BCUT2D eigenvalue weighted by molar-refractivity contribution is 7.12. The van der Waals surface area contributed by atoms with Crippen LogP contribution in [0.4, 0.5) is 0 Å². The number of nitrogens with zero attached hydrogens (tertiary/aromatic N) is 1. The summed E-state index contributed by atoms with van der Waals surface area (Å²) in [5.74, 6) is 1.95. The smallest absolute Gasteiger partial charge is 0.227 e. The predicted octanol–water partition coefficient (Wildman–Crippen LogP) is 3.59. The van der Waals surface area contributed by atoms with E-state index in [2.05, 4.69) is 10.3 Å². The first-order chi connectivity index (χ1) is 12.6. The van der Waals surface area contributed by atoms with Crippen LogP contribution in [-0.4, -0.2) is 25.1 Å². The van der Waals surface area contributed by atoms with Gasteiger partial charge in [0, 0.05) is 10.4 Å². The Bertz CT molecular complexity index is 887. The normalized spacial score (nSPS) is 10.6. The van der Waals surface area contributed by atoms with Gasteiger partial charge in [-0.25, -0.2) is 4.98 Å². The van der Waals surface area contributed by atoms with Crippen molar-refractivity contribution in [2.45, 2.75) is 19.9 Å². The summed E-state index contributed by atoms with van der Waals surface area (Å²) in [4.78, 5) is 17.8. The Labute approximate surface area is 155 Å². The van der Waals surface area contributed by atoms with Crippen molar-refractivity contribution in [2.24, 2.45) is 0 Å². The first-order valence-electron chi connectivity index (χ1n) is 8.08. The van der Waals surface area contributed by atoms with Crippen molar-refractivity contribution in [1.29, 1.82) is 0 Å². The topological polar surface area (TPSA) is 73.6 Å². The minimum absolute atomic E-state index is 0.0889. The molecule has 0 atom stereocenters. The Balaban J connectivity index is 1.71. The van der Waals surface area contributed by atoms with E-state index in [9.17, 15) is 4.79 Å². The van der Waals surface area contributed by atoms with Gasteiger partial charge in [-0.2, -0.15) is 0 Å². The standard InChI is InChI=1S/C19H20N2O4S/c1-12-19(13-6-7-15(23-2)16(9-13)24-3)21-18(26-12)10-17(22)20-11-14-5-4-8-25-14/h4-9H,10-11H2,1-3H3,(H,20,22). The summed E-state index contributed by atoms with van der Waals surface area (Å²) in [5.41, 5.74) is 1.78. The highest BCUT2D eigenvalue weighted by atomic mass is 32.1. The molecule has 0 bridgehead atoms. The molecule has 0 saturated carbocycles. The summed E-state index contributed by atoms with van der Waals surface area (Å²) in [6, 6.07) is 9.29. The van der Waals surface area contributed by atoms with Crippen LogP contribution in [0.15, 0.2) is 41.0 Å². The number of benzene rings is 1. The van der Waals surface area contributed by atoms with Gasteiger partial charge in [0.05, 0.1) is 39.1 Å². The molecule has 26 heavy (non-hydrogen) atoms. The van der Waals surface area contributed by atoms with E-state index >= 15 is 0 Å². The number of furan rings is 1. The number of carbonyl (C=O) groups excluding carboxylic acids is 1. The van der Waals surface area contributed by atoms with Gasteiger partial charge in [-0.3, -0.25) is 4.79 Å². The first kappa shape index (κ1) is 18.0. The van der Waals surface area contributed by atoms with E-state index in [4.69, 9.17) is 13.9 Å². The lowest BCUT2D eigenvalue weighted by molar-refractivity contribution is -0.120. The van der Waals surface area contributed by atoms with Crippen molar-refractivity contribution in [1.82, 2.24) is 10.3 Å². The molecule has 1 amide bonds. The molecule has 0 saturated heterocycles. The molecule has 2 aromatic heterocycles. The van der Waals surface area contributed by atoms with E-state index in [0.29, 0.717) is 18.0 Å². The molecule has 7 heteroatoms. The molecule has 136 valence electrons. The third-order valence-corrected chi connectivity index (χ3v) is 4.82. The van der Waals surface area contributed by atoms with Crippen molar-refractivity contribution >= 4 is 17.2 Å². The summed E-state index contributed by atoms with van der Waals surface area (Å²) in [7, 11) is 3.20. The van der Waals surface area contributed by atoms with Crippen LogP contribution in [0.25, 0.3) is 11.3 Å². The van der Waals surface area contributed by atoms with Gasteiger partial charge in [0.15, 0.2) is 11.5 Å². The quantitative estimate of drug-likeness (QED) is 0.686. The minimum Gasteiger partial charge on any atom is -0.493 e. The maximum absolute atomic E-state index is 12.1. The van der Waals surface area contributed by atoms with E-state index in [1.54, 1.807) is 26.5 Å².